The topological polar surface area (TPSA) is 75.5 Å². The first kappa shape index (κ1) is 21.6. The smallest absolute Gasteiger partial charge is 0.437 e. The van der Waals surface area contributed by atoms with Crippen LogP contribution in [0.25, 0.3) is 22.2 Å². The van der Waals surface area contributed by atoms with Gasteiger partial charge in [-0.25, -0.2) is 9.78 Å². The molecule has 0 N–H and O–H groups in total. The van der Waals surface area contributed by atoms with Crippen molar-refractivity contribution in [2.24, 2.45) is 0 Å². The van der Waals surface area contributed by atoms with Crippen LogP contribution in [0.3, 0.4) is 0 Å². The normalized spacial score (nSPS) is 18.0. The number of ether oxygens (including phenoxy) is 3. The predicted molar refractivity (Wildman–Crippen MR) is 124 cm³/mol. The van der Waals surface area contributed by atoms with Gasteiger partial charge in [0.25, 0.3) is 0 Å². The average Bonchev–Trinajstić information content (AvgIpc) is 3.29. The lowest BCUT2D eigenvalue weighted by Crippen LogP contribution is -2.30. The second-order valence-electron chi connectivity index (χ2n) is 9.37. The molecule has 2 aliphatic rings. The van der Waals surface area contributed by atoms with Crippen molar-refractivity contribution in [3.05, 3.63) is 46.2 Å². The second-order valence-corrected chi connectivity index (χ2v) is 10.1. The molecule has 1 aliphatic heterocycles. The number of carbonyl (C=O) groups excluding carboxylic acids is 1. The molecule has 0 bridgehead atoms. The lowest BCUT2D eigenvalue weighted by Gasteiger charge is -2.25. The molecular formula is C24H26BrN3O4. The molecule has 0 radical (unpaired) electrons. The summed E-state index contributed by atoms with van der Waals surface area (Å²) in [7, 11) is 0. The molecule has 0 amide bonds. The lowest BCUT2D eigenvalue weighted by atomic mass is 9.97. The van der Waals surface area contributed by atoms with E-state index in [9.17, 15) is 4.79 Å². The van der Waals surface area contributed by atoms with E-state index in [1.54, 1.807) is 6.20 Å². The Morgan fingerprint density at radius 3 is 2.53 bits per heavy atom. The second kappa shape index (κ2) is 7.93. The molecule has 0 saturated carbocycles. The Morgan fingerprint density at radius 1 is 1.09 bits per heavy atom. The summed E-state index contributed by atoms with van der Waals surface area (Å²) in [6.45, 7) is 6.82. The van der Waals surface area contributed by atoms with Gasteiger partial charge in [-0.3, -0.25) is 0 Å². The van der Waals surface area contributed by atoms with Crippen molar-refractivity contribution in [3.63, 3.8) is 0 Å². The Kier molecular flexibility index (Phi) is 5.34. The summed E-state index contributed by atoms with van der Waals surface area (Å²) in [5.41, 5.74) is 4.56. The van der Waals surface area contributed by atoms with Crippen LogP contribution in [-0.2, 0) is 27.1 Å². The number of hydrogen-bond donors (Lipinski definition) is 0. The van der Waals surface area contributed by atoms with Crippen LogP contribution in [-0.4, -0.2) is 45.5 Å². The zero-order valence-electron chi connectivity index (χ0n) is 18.5. The highest BCUT2D eigenvalue weighted by Gasteiger charge is 2.37. The van der Waals surface area contributed by atoms with Gasteiger partial charge in [0.1, 0.15) is 10.2 Å². The Morgan fingerprint density at radius 2 is 1.81 bits per heavy atom. The molecule has 1 fully saturated rings. The maximum atomic E-state index is 12.5. The van der Waals surface area contributed by atoms with Crippen LogP contribution in [0, 0.1) is 0 Å². The van der Waals surface area contributed by atoms with Crippen molar-refractivity contribution >= 4 is 33.1 Å². The van der Waals surface area contributed by atoms with Gasteiger partial charge >= 0.3 is 6.09 Å². The van der Waals surface area contributed by atoms with E-state index in [1.807, 2.05) is 26.8 Å². The number of aryl methyl sites for hydroxylation is 2. The third-order valence-electron chi connectivity index (χ3n) is 5.95. The first-order valence-electron chi connectivity index (χ1n) is 10.9. The highest BCUT2D eigenvalue weighted by molar-refractivity contribution is 9.10. The van der Waals surface area contributed by atoms with Crippen LogP contribution in [0.5, 0.6) is 0 Å². The fraction of sp³-hybridized carbons (Fsp3) is 0.458. The predicted octanol–water partition coefficient (Wildman–Crippen LogP) is 5.27. The van der Waals surface area contributed by atoms with Crippen molar-refractivity contribution in [2.75, 3.05) is 13.2 Å². The monoisotopic (exact) mass is 499 g/mol. The van der Waals surface area contributed by atoms with Gasteiger partial charge in [-0.2, -0.15) is 5.10 Å². The standard InChI is InChI=1S/C24H26BrN3O4/c1-23(2,3)32-22(29)28-21-19(20(25)27-28)13-18(14-26-21)16-5-4-15-6-8-24(30-10-11-31-24)9-7-17(15)12-16/h4-5,12-14H,6-11H2,1-3H3. The van der Waals surface area contributed by atoms with Crippen LogP contribution in [0.4, 0.5) is 4.79 Å². The van der Waals surface area contributed by atoms with Crippen molar-refractivity contribution in [1.29, 1.82) is 0 Å². The SMILES string of the molecule is CC(C)(C)OC(=O)n1nc(Br)c2cc(-c3ccc4c(c3)CCC3(CC4)OCCO3)cnc21. The minimum Gasteiger partial charge on any atom is -0.442 e. The highest BCUT2D eigenvalue weighted by Crippen LogP contribution is 2.36. The maximum absolute atomic E-state index is 12.5. The van der Waals surface area contributed by atoms with E-state index in [2.05, 4.69) is 44.2 Å². The van der Waals surface area contributed by atoms with E-state index in [0.717, 1.165) is 42.2 Å². The highest BCUT2D eigenvalue weighted by atomic mass is 79.9. The minimum atomic E-state index is -0.614. The molecule has 5 rings (SSSR count). The molecule has 0 unspecified atom stereocenters. The van der Waals surface area contributed by atoms with Crippen molar-refractivity contribution in [2.45, 2.75) is 57.8 Å². The van der Waals surface area contributed by atoms with Gasteiger partial charge in [-0.05, 0) is 72.3 Å². The van der Waals surface area contributed by atoms with Gasteiger partial charge in [-0.1, -0.05) is 18.2 Å². The van der Waals surface area contributed by atoms with Crippen molar-refractivity contribution in [1.82, 2.24) is 14.8 Å². The summed E-state index contributed by atoms with van der Waals surface area (Å²) < 4.78 is 19.1. The number of carbonyl (C=O) groups is 1. The number of rotatable bonds is 1. The number of nitrogens with zero attached hydrogens (tertiary/aromatic N) is 3. The van der Waals surface area contributed by atoms with Crippen LogP contribution < -0.4 is 0 Å². The van der Waals surface area contributed by atoms with Crippen molar-refractivity contribution in [3.8, 4) is 11.1 Å². The van der Waals surface area contributed by atoms with Crippen LogP contribution in [0.2, 0.25) is 0 Å². The van der Waals surface area contributed by atoms with Crippen LogP contribution >= 0.6 is 15.9 Å². The molecule has 1 spiro atoms. The van der Waals surface area contributed by atoms with Gasteiger partial charge < -0.3 is 14.2 Å². The Labute approximate surface area is 195 Å². The zero-order valence-corrected chi connectivity index (χ0v) is 20.1. The molecule has 0 atom stereocenters. The van der Waals surface area contributed by atoms with Crippen molar-refractivity contribution < 1.29 is 19.0 Å². The first-order valence-corrected chi connectivity index (χ1v) is 11.7. The molecule has 1 saturated heterocycles. The Balaban J connectivity index is 1.45. The van der Waals surface area contributed by atoms with Gasteiger partial charge in [0, 0.05) is 24.6 Å². The molecule has 1 aromatic carbocycles. The molecule has 3 heterocycles. The van der Waals surface area contributed by atoms with Gasteiger partial charge in [0.05, 0.1) is 18.6 Å². The quantitative estimate of drug-likeness (QED) is 0.454. The summed E-state index contributed by atoms with van der Waals surface area (Å²) >= 11 is 3.47. The van der Waals surface area contributed by atoms with E-state index < -0.39 is 17.5 Å². The largest absolute Gasteiger partial charge is 0.442 e. The Hall–Kier alpha value is -2.29. The van der Waals surface area contributed by atoms with E-state index in [4.69, 9.17) is 14.2 Å². The third kappa shape index (κ3) is 4.07. The van der Waals surface area contributed by atoms with Crippen LogP contribution in [0.15, 0.2) is 35.1 Å². The molecule has 168 valence electrons. The molecule has 32 heavy (non-hydrogen) atoms. The van der Waals surface area contributed by atoms with Crippen LogP contribution in [0.1, 0.15) is 44.7 Å². The fourth-order valence-corrected chi connectivity index (χ4v) is 4.85. The molecule has 1 aliphatic carbocycles. The third-order valence-corrected chi connectivity index (χ3v) is 6.53. The molecular weight excluding hydrogens is 474 g/mol. The summed E-state index contributed by atoms with van der Waals surface area (Å²) in [6.07, 6.45) is 4.85. The van der Waals surface area contributed by atoms with E-state index in [1.165, 1.54) is 15.8 Å². The number of halogens is 1. The fourth-order valence-electron chi connectivity index (χ4n) is 4.40. The molecule has 3 aromatic rings. The molecule has 2 aromatic heterocycles. The maximum Gasteiger partial charge on any atom is 0.437 e. The van der Waals surface area contributed by atoms with Gasteiger partial charge in [0.2, 0.25) is 0 Å². The van der Waals surface area contributed by atoms with E-state index >= 15 is 0 Å². The number of hydrogen-bond acceptors (Lipinski definition) is 6. The summed E-state index contributed by atoms with van der Waals surface area (Å²) in [5.74, 6) is -0.416. The summed E-state index contributed by atoms with van der Waals surface area (Å²) in [4.78, 5) is 17.1. The average molecular weight is 500 g/mol. The number of aromatic nitrogens is 3. The van der Waals surface area contributed by atoms with Gasteiger partial charge in [-0.15, -0.1) is 4.68 Å². The molecule has 8 heteroatoms. The van der Waals surface area contributed by atoms with E-state index in [-0.39, 0.29) is 0 Å². The number of fused-ring (bicyclic) bond motifs is 2. The minimum absolute atomic E-state index is 0.416. The summed E-state index contributed by atoms with van der Waals surface area (Å²) in [6, 6.07) is 8.56. The zero-order chi connectivity index (χ0) is 22.5. The summed E-state index contributed by atoms with van der Waals surface area (Å²) in [5, 5.41) is 5.06. The number of benzene rings is 1. The van der Waals surface area contributed by atoms with Gasteiger partial charge in [0.15, 0.2) is 11.4 Å². The first-order chi connectivity index (χ1) is 15.2. The number of pyridine rings is 1. The lowest BCUT2D eigenvalue weighted by molar-refractivity contribution is -0.164. The molecule has 7 nitrogen and oxygen atoms in total. The Bertz CT molecular complexity index is 1190. The van der Waals surface area contributed by atoms with E-state index in [0.29, 0.717) is 23.5 Å².